The maximum Gasteiger partial charge on any atom is 0.328 e. The predicted octanol–water partition coefficient (Wildman–Crippen LogP) is 10.8. The van der Waals surface area contributed by atoms with Crippen LogP contribution < -0.4 is 4.74 Å². The zero-order valence-electron chi connectivity index (χ0n) is 27.0. The topological polar surface area (TPSA) is 46.5 Å². The predicted molar refractivity (Wildman–Crippen MR) is 178 cm³/mol. The van der Waals surface area contributed by atoms with E-state index >= 15 is 0 Å². The summed E-state index contributed by atoms with van der Waals surface area (Å²) in [5.74, 6) is 6.59. The third kappa shape index (κ3) is 6.40. The number of benzene rings is 1. The summed E-state index contributed by atoms with van der Waals surface area (Å²) < 4.78 is 5.98. The molecule has 234 valence electrons. The van der Waals surface area contributed by atoms with Gasteiger partial charge in [-0.3, -0.25) is 0 Å². The Kier molecular flexibility index (Phi) is 10.2. The number of carbonyl (C=O) groups is 1. The van der Waals surface area contributed by atoms with E-state index in [2.05, 4.69) is 62.7 Å². The van der Waals surface area contributed by atoms with Crippen LogP contribution in [-0.2, 0) is 4.79 Å². The number of hydrogen-bond acceptors (Lipinski definition) is 2. The fraction of sp³-hybridized carbons (Fsp3) is 0.763. The average Bonchev–Trinajstić information content (AvgIpc) is 3.31. The number of hydrogen-bond donors (Lipinski definition) is 1. The molecule has 0 aromatic heterocycles. The van der Waals surface area contributed by atoms with Gasteiger partial charge in [-0.05, 0) is 145 Å². The van der Waals surface area contributed by atoms with Crippen molar-refractivity contribution < 1.29 is 14.6 Å². The van der Waals surface area contributed by atoms with E-state index in [0.717, 1.165) is 58.1 Å². The first-order valence-corrected chi connectivity index (χ1v) is 18.4. The SMILES string of the molecule is CC(C)CCC[C@@H](C)[C@H]1CC[C@H]2[C@@H]3CCC4CC(c5cc(OCCBr)ccc5/C=C/C(=O)O)CC[C@]4(C)[C@H]3CC[C@]12C. The number of halogens is 1. The number of alkyl halides is 1. The summed E-state index contributed by atoms with van der Waals surface area (Å²) in [6.45, 7) is 13.4. The number of rotatable bonds is 11. The van der Waals surface area contributed by atoms with Crippen LogP contribution in [0.5, 0.6) is 5.75 Å². The molecule has 4 saturated carbocycles. The third-order valence-corrected chi connectivity index (χ3v) is 13.4. The number of aliphatic carboxylic acids is 1. The van der Waals surface area contributed by atoms with E-state index in [4.69, 9.17) is 4.74 Å². The number of carboxylic acid groups (broad SMARTS) is 1. The molecule has 0 saturated heterocycles. The van der Waals surface area contributed by atoms with Crippen LogP contribution in [0.1, 0.15) is 129 Å². The standard InChI is InChI=1S/C38H57BrO3/c1-25(2)7-6-8-26(3)33-14-15-34-31-13-11-29-23-28(17-19-37(29,4)35(31)18-20-38(33,34)5)32-24-30(42-22-21-39)12-9-27(32)10-16-36(40)41/h9-10,12,16,24-26,28-29,31,33-35H,6-8,11,13-15,17-23H2,1-5H3,(H,40,41)/b16-10+/t26-,28?,29?,31+,33-,34+,35+,37+,38-/m1/s1. The number of carboxylic acids is 1. The molecule has 9 atom stereocenters. The van der Waals surface area contributed by atoms with Gasteiger partial charge in [0.2, 0.25) is 0 Å². The van der Waals surface area contributed by atoms with Gasteiger partial charge in [0.05, 0.1) is 6.61 Å². The molecular formula is C38H57BrO3. The quantitative estimate of drug-likeness (QED) is 0.193. The van der Waals surface area contributed by atoms with E-state index in [0.29, 0.717) is 23.4 Å². The van der Waals surface area contributed by atoms with Crippen molar-refractivity contribution in [1.29, 1.82) is 0 Å². The molecule has 1 N–H and O–H groups in total. The van der Waals surface area contributed by atoms with Crippen molar-refractivity contribution in [1.82, 2.24) is 0 Å². The summed E-state index contributed by atoms with van der Waals surface area (Å²) >= 11 is 3.47. The van der Waals surface area contributed by atoms with Crippen molar-refractivity contribution >= 4 is 28.0 Å². The highest BCUT2D eigenvalue weighted by Gasteiger charge is 2.60. The zero-order valence-corrected chi connectivity index (χ0v) is 28.6. The van der Waals surface area contributed by atoms with Crippen LogP contribution in [0.3, 0.4) is 0 Å². The van der Waals surface area contributed by atoms with Gasteiger partial charge >= 0.3 is 5.97 Å². The Morgan fingerprint density at radius 3 is 2.52 bits per heavy atom. The molecule has 4 heteroatoms. The summed E-state index contributed by atoms with van der Waals surface area (Å²) in [7, 11) is 0. The number of ether oxygens (including phenoxy) is 1. The molecule has 4 aliphatic carbocycles. The highest BCUT2D eigenvalue weighted by atomic mass is 79.9. The van der Waals surface area contributed by atoms with Gasteiger partial charge in [0.15, 0.2) is 0 Å². The third-order valence-electron chi connectivity index (χ3n) is 13.1. The zero-order chi connectivity index (χ0) is 30.1. The van der Waals surface area contributed by atoms with E-state index in [-0.39, 0.29) is 0 Å². The molecule has 0 heterocycles. The molecule has 0 radical (unpaired) electrons. The van der Waals surface area contributed by atoms with E-state index < -0.39 is 5.97 Å². The highest BCUT2D eigenvalue weighted by Crippen LogP contribution is 2.69. The first-order chi connectivity index (χ1) is 20.1. The molecule has 1 aromatic carbocycles. The van der Waals surface area contributed by atoms with Crippen LogP contribution in [0.4, 0.5) is 0 Å². The van der Waals surface area contributed by atoms with Crippen molar-refractivity contribution in [2.45, 2.75) is 118 Å². The highest BCUT2D eigenvalue weighted by molar-refractivity contribution is 9.09. The first-order valence-electron chi connectivity index (χ1n) is 17.3. The van der Waals surface area contributed by atoms with Gasteiger partial charge in [0, 0.05) is 11.4 Å². The minimum absolute atomic E-state index is 0.447. The normalized spacial score (nSPS) is 36.8. The van der Waals surface area contributed by atoms with Crippen molar-refractivity contribution in [2.75, 3.05) is 11.9 Å². The molecule has 2 unspecified atom stereocenters. The Morgan fingerprint density at radius 1 is 1.02 bits per heavy atom. The second-order valence-corrected chi connectivity index (χ2v) is 16.5. The Balaban J connectivity index is 1.30. The lowest BCUT2D eigenvalue weighted by Crippen LogP contribution is -2.53. The Morgan fingerprint density at radius 2 is 1.79 bits per heavy atom. The largest absolute Gasteiger partial charge is 0.493 e. The second-order valence-electron chi connectivity index (χ2n) is 15.7. The smallest absolute Gasteiger partial charge is 0.328 e. The molecule has 3 nitrogen and oxygen atoms in total. The molecule has 0 spiro atoms. The Labute approximate surface area is 264 Å². The maximum atomic E-state index is 11.3. The first kappa shape index (κ1) is 32.1. The average molecular weight is 642 g/mol. The minimum Gasteiger partial charge on any atom is -0.493 e. The fourth-order valence-electron chi connectivity index (χ4n) is 11.0. The lowest BCUT2D eigenvalue weighted by atomic mass is 9.43. The van der Waals surface area contributed by atoms with Gasteiger partial charge in [0.25, 0.3) is 0 Å². The van der Waals surface area contributed by atoms with E-state index in [9.17, 15) is 9.90 Å². The van der Waals surface area contributed by atoms with Crippen LogP contribution in [0.2, 0.25) is 0 Å². The molecular weight excluding hydrogens is 584 g/mol. The van der Waals surface area contributed by atoms with Crippen LogP contribution in [0.15, 0.2) is 24.3 Å². The van der Waals surface area contributed by atoms with E-state index in [1.54, 1.807) is 6.08 Å². The van der Waals surface area contributed by atoms with Crippen LogP contribution in [0.25, 0.3) is 6.08 Å². The molecule has 5 rings (SSSR count). The summed E-state index contributed by atoms with van der Waals surface area (Å²) in [6.07, 6.45) is 19.6. The molecule has 4 aliphatic rings. The lowest BCUT2D eigenvalue weighted by Gasteiger charge is -2.61. The van der Waals surface area contributed by atoms with Crippen LogP contribution in [-0.4, -0.2) is 23.0 Å². The monoisotopic (exact) mass is 640 g/mol. The summed E-state index contributed by atoms with van der Waals surface area (Å²) in [6, 6.07) is 6.26. The Bertz CT molecular complexity index is 1110. The summed E-state index contributed by atoms with van der Waals surface area (Å²) in [5, 5.41) is 10.1. The molecule has 1 aromatic rings. The molecule has 4 fully saturated rings. The van der Waals surface area contributed by atoms with Crippen molar-refractivity contribution in [3.63, 3.8) is 0 Å². The van der Waals surface area contributed by atoms with Crippen molar-refractivity contribution in [3.8, 4) is 5.75 Å². The van der Waals surface area contributed by atoms with Gasteiger partial charge in [-0.15, -0.1) is 0 Å². The van der Waals surface area contributed by atoms with Crippen LogP contribution in [0, 0.1) is 52.3 Å². The summed E-state index contributed by atoms with van der Waals surface area (Å²) in [4.78, 5) is 11.3. The second kappa shape index (κ2) is 13.4. The minimum atomic E-state index is -0.890. The summed E-state index contributed by atoms with van der Waals surface area (Å²) in [5.41, 5.74) is 3.33. The van der Waals surface area contributed by atoms with E-state index in [1.807, 2.05) is 6.07 Å². The van der Waals surface area contributed by atoms with Gasteiger partial charge < -0.3 is 9.84 Å². The van der Waals surface area contributed by atoms with Gasteiger partial charge in [0.1, 0.15) is 5.75 Å². The number of fused-ring (bicyclic) bond motifs is 5. The molecule has 0 bridgehead atoms. The van der Waals surface area contributed by atoms with Gasteiger partial charge in [-0.1, -0.05) is 75.9 Å². The van der Waals surface area contributed by atoms with Gasteiger partial charge in [-0.25, -0.2) is 4.79 Å². The molecule has 0 amide bonds. The molecule has 0 aliphatic heterocycles. The molecule has 42 heavy (non-hydrogen) atoms. The van der Waals surface area contributed by atoms with Crippen LogP contribution >= 0.6 is 15.9 Å². The Hall–Kier alpha value is -1.29. The van der Waals surface area contributed by atoms with Crippen molar-refractivity contribution in [3.05, 3.63) is 35.4 Å². The lowest BCUT2D eigenvalue weighted by molar-refractivity contribution is -0.131. The van der Waals surface area contributed by atoms with E-state index in [1.165, 1.54) is 88.7 Å². The van der Waals surface area contributed by atoms with Gasteiger partial charge in [-0.2, -0.15) is 0 Å². The maximum absolute atomic E-state index is 11.3. The van der Waals surface area contributed by atoms with Crippen molar-refractivity contribution in [2.24, 2.45) is 52.3 Å². The fourth-order valence-corrected chi connectivity index (χ4v) is 11.2.